The van der Waals surface area contributed by atoms with Gasteiger partial charge < -0.3 is 9.47 Å². The Morgan fingerprint density at radius 2 is 1.14 bits per heavy atom. The monoisotopic (exact) mass is 512 g/mol. The Kier molecular flexibility index (Phi) is 14.5. The summed E-state index contributed by atoms with van der Waals surface area (Å²) in [5.74, 6) is 3.39. The lowest BCUT2D eigenvalue weighted by molar-refractivity contribution is 0.0161. The Bertz CT molecular complexity index is 711. The van der Waals surface area contributed by atoms with E-state index >= 15 is 0 Å². The summed E-state index contributed by atoms with van der Waals surface area (Å²) in [6.07, 6.45) is 26.4. The highest BCUT2D eigenvalue weighted by atomic mass is 16.5. The van der Waals surface area contributed by atoms with Crippen molar-refractivity contribution in [2.45, 2.75) is 148 Å². The van der Waals surface area contributed by atoms with Gasteiger partial charge in [-0.15, -0.1) is 0 Å². The second-order valence-electron chi connectivity index (χ2n) is 12.1. The lowest BCUT2D eigenvalue weighted by Gasteiger charge is -2.28. The number of unbranched alkanes of at least 4 members (excludes halogenated alkanes) is 6. The van der Waals surface area contributed by atoms with Crippen molar-refractivity contribution in [1.29, 1.82) is 0 Å². The van der Waals surface area contributed by atoms with Gasteiger partial charge in [0.1, 0.15) is 11.9 Å². The van der Waals surface area contributed by atoms with Crippen molar-refractivity contribution in [1.82, 2.24) is 0 Å². The molecule has 2 aliphatic carbocycles. The summed E-state index contributed by atoms with van der Waals surface area (Å²) >= 11 is 0. The summed E-state index contributed by atoms with van der Waals surface area (Å²) in [6.45, 7) is 5.33. The van der Waals surface area contributed by atoms with Crippen LogP contribution in [-0.2, 0) is 4.74 Å². The molecule has 2 fully saturated rings. The first-order chi connectivity index (χ1) is 18.2. The van der Waals surface area contributed by atoms with Gasteiger partial charge in [0, 0.05) is 0 Å². The summed E-state index contributed by atoms with van der Waals surface area (Å²) in [7, 11) is 0. The van der Waals surface area contributed by atoms with Crippen LogP contribution in [0, 0.1) is 17.8 Å². The van der Waals surface area contributed by atoms with Gasteiger partial charge in [0.15, 0.2) is 0 Å². The van der Waals surface area contributed by atoms with Crippen LogP contribution < -0.4 is 4.74 Å². The fourth-order valence-corrected chi connectivity index (χ4v) is 6.54. The number of carbonyl (C=O) groups is 1. The molecule has 0 spiro atoms. The van der Waals surface area contributed by atoms with Gasteiger partial charge in [0.2, 0.25) is 0 Å². The average molecular weight is 513 g/mol. The minimum Gasteiger partial charge on any atom is -0.494 e. The zero-order valence-electron chi connectivity index (χ0n) is 24.2. The van der Waals surface area contributed by atoms with Crippen molar-refractivity contribution < 1.29 is 14.3 Å². The standard InChI is InChI=1S/C34H56O3/c1-3-5-7-8-10-13-29-19-23-33(24-20-29)37-34(35)31-21-25-32(26-22-31)36-27-11-14-30-17-15-28(16-18-30)12-9-6-4-2/h21-22,25-26,28-30,33H,3-20,23-24,27H2,1-2H3/t28-,29-,30-,33-. The van der Waals surface area contributed by atoms with E-state index in [1.165, 1.54) is 109 Å². The maximum Gasteiger partial charge on any atom is 0.338 e. The van der Waals surface area contributed by atoms with Gasteiger partial charge in [0.25, 0.3) is 0 Å². The number of hydrogen-bond acceptors (Lipinski definition) is 3. The first-order valence-electron chi connectivity index (χ1n) is 16.1. The molecule has 3 heteroatoms. The summed E-state index contributed by atoms with van der Waals surface area (Å²) in [5.41, 5.74) is 0.640. The van der Waals surface area contributed by atoms with Crippen LogP contribution in [0.5, 0.6) is 5.75 Å². The molecule has 2 saturated carbocycles. The molecule has 2 aliphatic rings. The molecule has 3 rings (SSSR count). The fraction of sp³-hybridized carbons (Fsp3) is 0.794. The third-order valence-electron chi connectivity index (χ3n) is 9.08. The van der Waals surface area contributed by atoms with E-state index in [1.54, 1.807) is 0 Å². The van der Waals surface area contributed by atoms with Crippen LogP contribution in [0.25, 0.3) is 0 Å². The van der Waals surface area contributed by atoms with Gasteiger partial charge in [-0.3, -0.25) is 0 Å². The highest BCUT2D eigenvalue weighted by Crippen LogP contribution is 2.34. The van der Waals surface area contributed by atoms with Crippen LogP contribution in [0.2, 0.25) is 0 Å². The molecule has 0 unspecified atom stereocenters. The molecule has 0 heterocycles. The summed E-state index contributed by atoms with van der Waals surface area (Å²) in [6, 6.07) is 7.57. The van der Waals surface area contributed by atoms with Crippen LogP contribution in [0.3, 0.4) is 0 Å². The van der Waals surface area contributed by atoms with Gasteiger partial charge >= 0.3 is 5.97 Å². The predicted octanol–water partition coefficient (Wildman–Crippen LogP) is 10.3. The molecule has 0 amide bonds. The number of esters is 1. The molecule has 0 aromatic heterocycles. The van der Waals surface area contributed by atoms with Crippen molar-refractivity contribution in [3.05, 3.63) is 29.8 Å². The molecule has 210 valence electrons. The van der Waals surface area contributed by atoms with E-state index in [4.69, 9.17) is 9.47 Å². The minimum atomic E-state index is -0.181. The first-order valence-corrected chi connectivity index (χ1v) is 16.1. The maximum atomic E-state index is 12.6. The number of ether oxygens (including phenoxy) is 2. The largest absolute Gasteiger partial charge is 0.494 e. The van der Waals surface area contributed by atoms with E-state index in [9.17, 15) is 4.79 Å². The molecular weight excluding hydrogens is 456 g/mol. The zero-order chi connectivity index (χ0) is 26.1. The molecule has 3 nitrogen and oxygen atoms in total. The molecule has 1 aromatic carbocycles. The molecule has 1 aromatic rings. The topological polar surface area (TPSA) is 35.5 Å². The van der Waals surface area contributed by atoms with Crippen LogP contribution in [-0.4, -0.2) is 18.7 Å². The number of hydrogen-bond donors (Lipinski definition) is 0. The van der Waals surface area contributed by atoms with Crippen molar-refractivity contribution in [2.24, 2.45) is 17.8 Å². The molecule has 37 heavy (non-hydrogen) atoms. The Morgan fingerprint density at radius 3 is 1.73 bits per heavy atom. The van der Waals surface area contributed by atoms with Crippen LogP contribution in [0.4, 0.5) is 0 Å². The Morgan fingerprint density at radius 1 is 0.649 bits per heavy atom. The third kappa shape index (κ3) is 11.8. The highest BCUT2D eigenvalue weighted by Gasteiger charge is 2.24. The third-order valence-corrected chi connectivity index (χ3v) is 9.08. The molecule has 0 saturated heterocycles. The quantitative estimate of drug-likeness (QED) is 0.154. The number of benzene rings is 1. The minimum absolute atomic E-state index is 0.0891. The van der Waals surface area contributed by atoms with Crippen LogP contribution >= 0.6 is 0 Å². The molecule has 0 atom stereocenters. The van der Waals surface area contributed by atoms with Crippen molar-refractivity contribution >= 4 is 5.97 Å². The molecule has 0 radical (unpaired) electrons. The van der Waals surface area contributed by atoms with Crippen molar-refractivity contribution in [2.75, 3.05) is 6.61 Å². The fourth-order valence-electron chi connectivity index (χ4n) is 6.54. The summed E-state index contributed by atoms with van der Waals surface area (Å²) in [4.78, 5) is 12.6. The smallest absolute Gasteiger partial charge is 0.338 e. The van der Waals surface area contributed by atoms with Gasteiger partial charge in [-0.05, 0) is 80.5 Å². The highest BCUT2D eigenvalue weighted by molar-refractivity contribution is 5.89. The second-order valence-corrected chi connectivity index (χ2v) is 12.1. The lowest BCUT2D eigenvalue weighted by Crippen LogP contribution is -2.24. The Balaban J connectivity index is 1.24. The predicted molar refractivity (Wildman–Crippen MR) is 155 cm³/mol. The Labute approximate surface area is 228 Å². The summed E-state index contributed by atoms with van der Waals surface area (Å²) < 4.78 is 11.8. The van der Waals surface area contributed by atoms with Crippen LogP contribution in [0.1, 0.15) is 153 Å². The van der Waals surface area contributed by atoms with Gasteiger partial charge in [-0.1, -0.05) is 104 Å². The zero-order valence-corrected chi connectivity index (χ0v) is 24.2. The van der Waals surface area contributed by atoms with E-state index in [0.29, 0.717) is 5.56 Å². The van der Waals surface area contributed by atoms with E-state index in [2.05, 4.69) is 13.8 Å². The van der Waals surface area contributed by atoms with Gasteiger partial charge in [-0.2, -0.15) is 0 Å². The molecule has 0 bridgehead atoms. The van der Waals surface area contributed by atoms with E-state index in [-0.39, 0.29) is 12.1 Å². The Hall–Kier alpha value is -1.51. The summed E-state index contributed by atoms with van der Waals surface area (Å²) in [5, 5.41) is 0. The van der Waals surface area contributed by atoms with Crippen molar-refractivity contribution in [3.63, 3.8) is 0 Å². The maximum absolute atomic E-state index is 12.6. The number of rotatable bonds is 17. The first kappa shape index (κ1) is 30.0. The SMILES string of the molecule is CCCCCCC[C@H]1CC[C@H](OC(=O)c2ccc(OCCC[C@H]3CC[C@H](CCCCC)CC3)cc2)CC1. The van der Waals surface area contributed by atoms with E-state index in [0.717, 1.165) is 49.4 Å². The average Bonchev–Trinajstić information content (AvgIpc) is 2.93. The van der Waals surface area contributed by atoms with Crippen LogP contribution in [0.15, 0.2) is 24.3 Å². The molecule has 0 aliphatic heterocycles. The molecular formula is C34H56O3. The van der Waals surface area contributed by atoms with Gasteiger partial charge in [-0.25, -0.2) is 4.79 Å². The normalized spacial score (nSPS) is 24.1. The van der Waals surface area contributed by atoms with Gasteiger partial charge in [0.05, 0.1) is 12.2 Å². The lowest BCUT2D eigenvalue weighted by atomic mass is 9.78. The second kappa shape index (κ2) is 17.9. The van der Waals surface area contributed by atoms with E-state index < -0.39 is 0 Å². The van der Waals surface area contributed by atoms with E-state index in [1.807, 2.05) is 24.3 Å². The molecule has 0 N–H and O–H groups in total. The number of carbonyl (C=O) groups excluding carboxylic acids is 1. The van der Waals surface area contributed by atoms with Crippen molar-refractivity contribution in [3.8, 4) is 5.75 Å².